The summed E-state index contributed by atoms with van der Waals surface area (Å²) in [5.41, 5.74) is 1.79. The summed E-state index contributed by atoms with van der Waals surface area (Å²) in [7, 11) is 0. The normalized spacial score (nSPS) is 16.5. The van der Waals surface area contributed by atoms with Crippen molar-refractivity contribution in [2.24, 2.45) is 0 Å². The molecule has 0 saturated carbocycles. The van der Waals surface area contributed by atoms with Crippen LogP contribution in [0.5, 0.6) is 0 Å². The van der Waals surface area contributed by atoms with E-state index in [1.807, 2.05) is 12.1 Å². The van der Waals surface area contributed by atoms with Crippen molar-refractivity contribution >= 4 is 16.8 Å². The van der Waals surface area contributed by atoms with Crippen molar-refractivity contribution < 1.29 is 18.0 Å². The summed E-state index contributed by atoms with van der Waals surface area (Å²) >= 11 is 0. The molecule has 4 rings (SSSR count). The van der Waals surface area contributed by atoms with Gasteiger partial charge in [-0.1, -0.05) is 25.0 Å². The van der Waals surface area contributed by atoms with E-state index in [1.165, 1.54) is 12.4 Å². The Morgan fingerprint density at radius 1 is 1.00 bits per heavy atom. The van der Waals surface area contributed by atoms with Gasteiger partial charge in [-0.25, -0.2) is 9.97 Å². The number of benzene rings is 1. The van der Waals surface area contributed by atoms with Gasteiger partial charge in [-0.15, -0.1) is 0 Å². The molecule has 9 heteroatoms. The average molecular weight is 443 g/mol. The van der Waals surface area contributed by atoms with Crippen LogP contribution in [0.4, 0.5) is 13.2 Å². The van der Waals surface area contributed by atoms with Crippen LogP contribution in [0.15, 0.2) is 48.9 Å². The van der Waals surface area contributed by atoms with Gasteiger partial charge < -0.3 is 5.32 Å². The summed E-state index contributed by atoms with van der Waals surface area (Å²) < 4.78 is 38.7. The molecule has 1 atom stereocenters. The van der Waals surface area contributed by atoms with Crippen LogP contribution in [0.1, 0.15) is 53.5 Å². The van der Waals surface area contributed by atoms with Crippen molar-refractivity contribution in [1.29, 1.82) is 0 Å². The summed E-state index contributed by atoms with van der Waals surface area (Å²) in [5, 5.41) is 3.71. The summed E-state index contributed by atoms with van der Waals surface area (Å²) in [4.78, 5) is 26.5. The highest BCUT2D eigenvalue weighted by Crippen LogP contribution is 2.28. The summed E-state index contributed by atoms with van der Waals surface area (Å²) in [6.07, 6.45) is 3.75. The Bertz CT molecular complexity index is 1060. The number of fused-ring (bicyclic) bond motifs is 1. The van der Waals surface area contributed by atoms with E-state index in [1.54, 1.807) is 24.4 Å². The highest BCUT2D eigenvalue weighted by Gasteiger charge is 2.35. The number of nitrogens with zero attached hydrogens (tertiary/aromatic N) is 4. The van der Waals surface area contributed by atoms with Gasteiger partial charge in [0.1, 0.15) is 0 Å². The van der Waals surface area contributed by atoms with Crippen molar-refractivity contribution in [3.05, 3.63) is 65.9 Å². The molecule has 168 valence electrons. The van der Waals surface area contributed by atoms with Crippen LogP contribution in [-0.4, -0.2) is 45.4 Å². The Kier molecular flexibility index (Phi) is 6.64. The van der Waals surface area contributed by atoms with Gasteiger partial charge in [0.05, 0.1) is 11.6 Å². The number of aromatic nitrogens is 3. The fraction of sp³-hybridized carbons (Fsp3) is 0.391. The molecule has 32 heavy (non-hydrogen) atoms. The largest absolute Gasteiger partial charge is 0.451 e. The molecule has 0 spiro atoms. The SMILES string of the molecule is O=C(NCC(c1cnc(C(F)(F)F)nc1)N1CCCCCC1)c1cccc2ncccc12. The zero-order chi connectivity index (χ0) is 22.6. The third-order valence-corrected chi connectivity index (χ3v) is 5.74. The van der Waals surface area contributed by atoms with Gasteiger partial charge in [0.25, 0.3) is 5.91 Å². The van der Waals surface area contributed by atoms with Gasteiger partial charge in [0.2, 0.25) is 5.82 Å². The number of likely N-dealkylation sites (tertiary alicyclic amines) is 1. The van der Waals surface area contributed by atoms with E-state index in [9.17, 15) is 18.0 Å². The maximum absolute atomic E-state index is 13.0. The minimum atomic E-state index is -4.59. The number of halogens is 3. The van der Waals surface area contributed by atoms with Crippen molar-refractivity contribution in [2.75, 3.05) is 19.6 Å². The second kappa shape index (κ2) is 9.60. The van der Waals surface area contributed by atoms with Gasteiger partial charge in [0.15, 0.2) is 0 Å². The summed E-state index contributed by atoms with van der Waals surface area (Å²) in [6, 6.07) is 8.66. The lowest BCUT2D eigenvalue weighted by Crippen LogP contribution is -2.39. The summed E-state index contributed by atoms with van der Waals surface area (Å²) in [6.45, 7) is 1.85. The average Bonchev–Trinajstić information content (AvgIpc) is 3.08. The zero-order valence-electron chi connectivity index (χ0n) is 17.5. The van der Waals surface area contributed by atoms with Crippen LogP contribution < -0.4 is 5.32 Å². The highest BCUT2D eigenvalue weighted by molar-refractivity contribution is 6.06. The molecule has 1 amide bonds. The van der Waals surface area contributed by atoms with Crippen LogP contribution >= 0.6 is 0 Å². The van der Waals surface area contributed by atoms with Crippen molar-refractivity contribution in [3.8, 4) is 0 Å². The number of nitrogens with one attached hydrogen (secondary N) is 1. The number of alkyl halides is 3. The fourth-order valence-electron chi connectivity index (χ4n) is 4.11. The molecule has 1 aromatic carbocycles. The first-order chi connectivity index (χ1) is 15.4. The molecule has 1 aliphatic rings. The van der Waals surface area contributed by atoms with Gasteiger partial charge in [0, 0.05) is 41.6 Å². The van der Waals surface area contributed by atoms with Gasteiger partial charge in [-0.3, -0.25) is 14.7 Å². The van der Waals surface area contributed by atoms with E-state index in [0.717, 1.165) is 49.7 Å². The molecule has 1 saturated heterocycles. The first-order valence-corrected chi connectivity index (χ1v) is 10.7. The molecular weight excluding hydrogens is 419 g/mol. The van der Waals surface area contributed by atoms with Crippen LogP contribution in [0.25, 0.3) is 10.9 Å². The topological polar surface area (TPSA) is 71.0 Å². The van der Waals surface area contributed by atoms with Crippen molar-refractivity contribution in [2.45, 2.75) is 37.9 Å². The van der Waals surface area contributed by atoms with Gasteiger partial charge in [-0.2, -0.15) is 13.2 Å². The summed E-state index contributed by atoms with van der Waals surface area (Å²) in [5.74, 6) is -1.42. The number of carbonyl (C=O) groups excluding carboxylic acids is 1. The predicted molar refractivity (Wildman–Crippen MR) is 114 cm³/mol. The monoisotopic (exact) mass is 443 g/mol. The lowest BCUT2D eigenvalue weighted by molar-refractivity contribution is -0.145. The molecule has 0 radical (unpaired) electrons. The molecular formula is C23H24F3N5O. The standard InChI is InChI=1S/C23H24F3N5O/c24-23(25,26)22-29-13-16(14-30-22)20(31-11-3-1-2-4-12-31)15-28-21(32)18-7-5-9-19-17(18)8-6-10-27-19/h5-10,13-14,20H,1-4,11-12,15H2,(H,28,32). The Balaban J connectivity index is 1.56. The van der Waals surface area contributed by atoms with Crippen molar-refractivity contribution in [1.82, 2.24) is 25.2 Å². The maximum Gasteiger partial charge on any atom is 0.451 e. The maximum atomic E-state index is 13.0. The first kappa shape index (κ1) is 22.1. The van der Waals surface area contributed by atoms with E-state index in [2.05, 4.69) is 25.2 Å². The third-order valence-electron chi connectivity index (χ3n) is 5.74. The van der Waals surface area contributed by atoms with E-state index in [0.29, 0.717) is 11.1 Å². The lowest BCUT2D eigenvalue weighted by atomic mass is 10.1. The molecule has 2 aromatic heterocycles. The smallest absolute Gasteiger partial charge is 0.350 e. The Morgan fingerprint density at radius 2 is 1.72 bits per heavy atom. The quantitative estimate of drug-likeness (QED) is 0.633. The molecule has 6 nitrogen and oxygen atoms in total. The molecule has 0 aliphatic carbocycles. The molecule has 0 bridgehead atoms. The number of carbonyl (C=O) groups is 1. The minimum absolute atomic E-state index is 0.240. The van der Waals surface area contributed by atoms with E-state index in [-0.39, 0.29) is 18.5 Å². The molecule has 3 heterocycles. The van der Waals surface area contributed by atoms with Crippen molar-refractivity contribution in [3.63, 3.8) is 0 Å². The molecule has 1 fully saturated rings. The molecule has 3 aromatic rings. The Hall–Kier alpha value is -3.07. The fourth-order valence-corrected chi connectivity index (χ4v) is 4.11. The number of pyridine rings is 1. The highest BCUT2D eigenvalue weighted by atomic mass is 19.4. The second-order valence-corrected chi connectivity index (χ2v) is 7.89. The third kappa shape index (κ3) is 5.04. The van der Waals surface area contributed by atoms with Gasteiger partial charge >= 0.3 is 6.18 Å². The lowest BCUT2D eigenvalue weighted by Gasteiger charge is -2.31. The van der Waals surface area contributed by atoms with Crippen LogP contribution in [0.3, 0.4) is 0 Å². The van der Waals surface area contributed by atoms with Crippen LogP contribution in [0, 0.1) is 0 Å². The zero-order valence-corrected chi connectivity index (χ0v) is 17.5. The number of hydrogen-bond acceptors (Lipinski definition) is 5. The number of hydrogen-bond donors (Lipinski definition) is 1. The molecule has 1 aliphatic heterocycles. The molecule has 1 unspecified atom stereocenters. The second-order valence-electron chi connectivity index (χ2n) is 7.89. The van der Waals surface area contributed by atoms with E-state index >= 15 is 0 Å². The predicted octanol–water partition coefficient (Wildman–Crippen LogP) is 4.39. The van der Waals surface area contributed by atoms with E-state index in [4.69, 9.17) is 0 Å². The Morgan fingerprint density at radius 3 is 2.41 bits per heavy atom. The van der Waals surface area contributed by atoms with E-state index < -0.39 is 12.0 Å². The first-order valence-electron chi connectivity index (χ1n) is 10.7. The minimum Gasteiger partial charge on any atom is -0.350 e. The van der Waals surface area contributed by atoms with Crippen LogP contribution in [0.2, 0.25) is 0 Å². The van der Waals surface area contributed by atoms with Gasteiger partial charge in [-0.05, 0) is 44.1 Å². The Labute approximate surface area is 183 Å². The van der Waals surface area contributed by atoms with Crippen LogP contribution in [-0.2, 0) is 6.18 Å². The number of amides is 1. The number of rotatable bonds is 5. The molecule has 1 N–H and O–H groups in total.